The van der Waals surface area contributed by atoms with E-state index in [9.17, 15) is 22.4 Å². The average molecular weight is 476 g/mol. The summed E-state index contributed by atoms with van der Waals surface area (Å²) in [5.41, 5.74) is 1.02. The molecule has 3 fully saturated rings. The van der Waals surface area contributed by atoms with E-state index in [4.69, 9.17) is 0 Å². The first-order valence-electron chi connectivity index (χ1n) is 12.0. The van der Waals surface area contributed by atoms with Crippen LogP contribution in [0.15, 0.2) is 48.5 Å². The molecule has 2 atom stereocenters. The fourth-order valence-corrected chi connectivity index (χ4v) is 5.32. The number of benzene rings is 2. The lowest BCUT2D eigenvalue weighted by Crippen LogP contribution is -2.48. The van der Waals surface area contributed by atoms with Gasteiger partial charge in [-0.25, -0.2) is 4.39 Å². The van der Waals surface area contributed by atoms with Crippen molar-refractivity contribution in [1.29, 1.82) is 0 Å². The van der Waals surface area contributed by atoms with Gasteiger partial charge in [-0.3, -0.25) is 9.69 Å². The monoisotopic (exact) mass is 475 g/mol. The summed E-state index contributed by atoms with van der Waals surface area (Å²) < 4.78 is 53.3. The van der Waals surface area contributed by atoms with E-state index in [2.05, 4.69) is 9.80 Å². The first kappa shape index (κ1) is 23.1. The third-order valence-electron chi connectivity index (χ3n) is 7.38. The Hall–Kier alpha value is -2.61. The van der Waals surface area contributed by atoms with Crippen molar-refractivity contribution in [2.24, 2.45) is 11.8 Å². The molecular weight excluding hydrogens is 446 g/mol. The maximum Gasteiger partial charge on any atom is 0.416 e. The molecule has 2 unspecified atom stereocenters. The topological polar surface area (TPSA) is 26.8 Å². The van der Waals surface area contributed by atoms with Gasteiger partial charge in [0.25, 0.3) is 0 Å². The molecule has 0 radical (unpaired) electrons. The first-order chi connectivity index (χ1) is 16.3. The zero-order chi connectivity index (χ0) is 23.9. The highest BCUT2D eigenvalue weighted by Crippen LogP contribution is 2.39. The van der Waals surface area contributed by atoms with Crippen LogP contribution in [0.1, 0.15) is 29.9 Å². The number of carbonyl (C=O) groups excluding carboxylic acids is 1. The van der Waals surface area contributed by atoms with Crippen LogP contribution in [-0.2, 0) is 11.0 Å². The molecule has 8 heteroatoms. The maximum atomic E-state index is 13.3. The number of hydrogen-bond donors (Lipinski definition) is 0. The molecule has 1 aliphatic carbocycles. The highest BCUT2D eigenvalue weighted by Gasteiger charge is 2.42. The first-order valence-corrected chi connectivity index (χ1v) is 12.0. The van der Waals surface area contributed by atoms with Gasteiger partial charge in [0.15, 0.2) is 0 Å². The minimum atomic E-state index is -4.38. The summed E-state index contributed by atoms with van der Waals surface area (Å²) in [5.74, 6) is -0.0287. The molecule has 2 aromatic rings. The van der Waals surface area contributed by atoms with Crippen molar-refractivity contribution in [2.45, 2.75) is 24.9 Å². The summed E-state index contributed by atoms with van der Waals surface area (Å²) >= 11 is 0. The number of carbonyl (C=O) groups is 1. The van der Waals surface area contributed by atoms with Gasteiger partial charge in [0.2, 0.25) is 5.91 Å². The summed E-state index contributed by atoms with van der Waals surface area (Å²) in [6.45, 7) is 5.06. The molecule has 2 heterocycles. The number of piperazine rings is 1. The number of rotatable bonds is 5. The molecule has 4 nitrogen and oxygen atoms in total. The highest BCUT2D eigenvalue weighted by atomic mass is 19.4. The molecule has 2 saturated heterocycles. The number of alkyl halides is 3. The SMILES string of the molecule is O=C(C1CC1)N1CC(CN2CCN(c3ccc(F)cc3)CC2)C(c2cccc(C(F)(F)F)c2)C1. The van der Waals surface area contributed by atoms with E-state index in [1.807, 2.05) is 4.90 Å². The fourth-order valence-electron chi connectivity index (χ4n) is 5.32. The molecular formula is C26H29F4N3O. The van der Waals surface area contributed by atoms with Gasteiger partial charge >= 0.3 is 6.18 Å². The van der Waals surface area contributed by atoms with E-state index in [-0.39, 0.29) is 29.5 Å². The number of halogens is 4. The fraction of sp³-hybridized carbons (Fsp3) is 0.500. The van der Waals surface area contributed by atoms with Gasteiger partial charge < -0.3 is 9.80 Å². The Balaban J connectivity index is 1.28. The van der Waals surface area contributed by atoms with Crippen LogP contribution in [0.3, 0.4) is 0 Å². The summed E-state index contributed by atoms with van der Waals surface area (Å²) in [4.78, 5) is 19.2. The molecule has 2 aliphatic heterocycles. The normalized spacial score (nSPS) is 24.0. The zero-order valence-corrected chi connectivity index (χ0v) is 19.0. The molecule has 182 valence electrons. The van der Waals surface area contributed by atoms with E-state index < -0.39 is 11.7 Å². The second-order valence-electron chi connectivity index (χ2n) is 9.77. The quantitative estimate of drug-likeness (QED) is 0.591. The molecule has 0 bridgehead atoms. The standard InChI is InChI=1S/C26H29F4N3O/c27-22-6-8-23(9-7-22)32-12-10-31(11-13-32)15-20-16-33(25(34)18-4-5-18)17-24(20)19-2-1-3-21(14-19)26(28,29)30/h1-3,6-9,14,18,20,24H,4-5,10-13,15-17H2. The molecule has 0 spiro atoms. The Bertz CT molecular complexity index is 1010. The third-order valence-corrected chi connectivity index (χ3v) is 7.38. The van der Waals surface area contributed by atoms with Crippen molar-refractivity contribution in [3.05, 3.63) is 65.5 Å². The second-order valence-corrected chi connectivity index (χ2v) is 9.77. The summed E-state index contributed by atoms with van der Waals surface area (Å²) in [5, 5.41) is 0. The molecule has 1 amide bonds. The van der Waals surface area contributed by atoms with Gasteiger partial charge in [0.1, 0.15) is 5.82 Å². The average Bonchev–Trinajstić information content (AvgIpc) is 3.59. The minimum Gasteiger partial charge on any atom is -0.369 e. The molecule has 2 aromatic carbocycles. The molecule has 0 aromatic heterocycles. The van der Waals surface area contributed by atoms with Crippen molar-refractivity contribution < 1.29 is 22.4 Å². The second kappa shape index (κ2) is 9.21. The van der Waals surface area contributed by atoms with E-state index >= 15 is 0 Å². The largest absolute Gasteiger partial charge is 0.416 e. The van der Waals surface area contributed by atoms with E-state index in [0.717, 1.165) is 57.3 Å². The maximum absolute atomic E-state index is 13.3. The highest BCUT2D eigenvalue weighted by molar-refractivity contribution is 5.81. The van der Waals surface area contributed by atoms with E-state index in [0.29, 0.717) is 18.7 Å². The van der Waals surface area contributed by atoms with Gasteiger partial charge in [0.05, 0.1) is 5.56 Å². The van der Waals surface area contributed by atoms with Gasteiger partial charge in [0, 0.05) is 63.3 Å². The van der Waals surface area contributed by atoms with Gasteiger partial charge in [-0.1, -0.05) is 18.2 Å². The number of amides is 1. The molecule has 1 saturated carbocycles. The van der Waals surface area contributed by atoms with Crippen molar-refractivity contribution in [2.75, 3.05) is 50.7 Å². The predicted octanol–water partition coefficient (Wildman–Crippen LogP) is 4.62. The Morgan fingerprint density at radius 3 is 2.29 bits per heavy atom. The van der Waals surface area contributed by atoms with Gasteiger partial charge in [-0.2, -0.15) is 13.2 Å². The Morgan fingerprint density at radius 1 is 0.941 bits per heavy atom. The number of anilines is 1. The van der Waals surface area contributed by atoms with Gasteiger partial charge in [-0.05, 0) is 54.7 Å². The van der Waals surface area contributed by atoms with Crippen LogP contribution in [0.5, 0.6) is 0 Å². The van der Waals surface area contributed by atoms with Crippen molar-refractivity contribution in [3.63, 3.8) is 0 Å². The van der Waals surface area contributed by atoms with E-state index in [1.165, 1.54) is 24.3 Å². The Morgan fingerprint density at radius 2 is 1.65 bits per heavy atom. The van der Waals surface area contributed by atoms with Crippen LogP contribution in [-0.4, -0.2) is 61.5 Å². The lowest BCUT2D eigenvalue weighted by molar-refractivity contribution is -0.137. The van der Waals surface area contributed by atoms with Crippen molar-refractivity contribution in [1.82, 2.24) is 9.80 Å². The summed E-state index contributed by atoms with van der Waals surface area (Å²) in [6.07, 6.45) is -2.55. The Kier molecular flexibility index (Phi) is 6.27. The van der Waals surface area contributed by atoms with Crippen LogP contribution >= 0.6 is 0 Å². The predicted molar refractivity (Wildman–Crippen MR) is 122 cm³/mol. The van der Waals surface area contributed by atoms with Crippen LogP contribution in [0.2, 0.25) is 0 Å². The van der Waals surface area contributed by atoms with Crippen molar-refractivity contribution >= 4 is 11.6 Å². The van der Waals surface area contributed by atoms with Crippen LogP contribution < -0.4 is 4.90 Å². The molecule has 0 N–H and O–H groups in total. The smallest absolute Gasteiger partial charge is 0.369 e. The number of likely N-dealkylation sites (tertiary alicyclic amines) is 1. The lowest BCUT2D eigenvalue weighted by Gasteiger charge is -2.38. The number of hydrogen-bond acceptors (Lipinski definition) is 3. The molecule has 3 aliphatic rings. The lowest BCUT2D eigenvalue weighted by atomic mass is 9.87. The Labute approximate surface area is 197 Å². The molecule has 5 rings (SSSR count). The van der Waals surface area contributed by atoms with Gasteiger partial charge in [-0.15, -0.1) is 0 Å². The zero-order valence-electron chi connectivity index (χ0n) is 19.0. The summed E-state index contributed by atoms with van der Waals surface area (Å²) in [7, 11) is 0. The summed E-state index contributed by atoms with van der Waals surface area (Å²) in [6, 6.07) is 12.1. The number of nitrogens with zero attached hydrogens (tertiary/aromatic N) is 3. The third kappa shape index (κ3) is 5.06. The minimum absolute atomic E-state index is 0.0866. The van der Waals surface area contributed by atoms with E-state index in [1.54, 1.807) is 18.2 Å². The van der Waals surface area contributed by atoms with Crippen LogP contribution in [0, 0.1) is 17.7 Å². The van der Waals surface area contributed by atoms with Crippen LogP contribution in [0.4, 0.5) is 23.2 Å². The van der Waals surface area contributed by atoms with Crippen molar-refractivity contribution in [3.8, 4) is 0 Å². The molecule has 34 heavy (non-hydrogen) atoms. The van der Waals surface area contributed by atoms with Crippen LogP contribution in [0.25, 0.3) is 0 Å².